The first-order valence-electron chi connectivity index (χ1n) is 4.68. The Labute approximate surface area is 100 Å². The van der Waals surface area contributed by atoms with Crippen LogP contribution in [0.3, 0.4) is 0 Å². The monoisotopic (exact) mass is 253 g/mol. The van der Waals surface area contributed by atoms with Crippen LogP contribution in [0.4, 0.5) is 9.52 Å². The van der Waals surface area contributed by atoms with Gasteiger partial charge >= 0.3 is 0 Å². The Balaban J connectivity index is 1.84. The van der Waals surface area contributed by atoms with Crippen molar-refractivity contribution in [3.8, 4) is 5.75 Å². The molecule has 0 radical (unpaired) electrons. The Morgan fingerprint density at radius 1 is 1.53 bits per heavy atom. The van der Waals surface area contributed by atoms with Crippen LogP contribution < -0.4 is 10.1 Å². The molecule has 0 unspecified atom stereocenters. The highest BCUT2D eigenvalue weighted by Gasteiger charge is 2.05. The number of carbonyl (C=O) groups excluding carboxylic acids is 1. The van der Waals surface area contributed by atoms with Crippen LogP contribution in [-0.4, -0.2) is 22.7 Å². The Bertz CT molecular complexity index is 504. The van der Waals surface area contributed by atoms with Gasteiger partial charge in [-0.2, -0.15) is 0 Å². The molecule has 0 fully saturated rings. The van der Waals surface area contributed by atoms with E-state index in [1.54, 1.807) is 6.07 Å². The molecule has 1 heterocycles. The summed E-state index contributed by atoms with van der Waals surface area (Å²) >= 11 is 1.21. The van der Waals surface area contributed by atoms with Gasteiger partial charge in [-0.05, 0) is 12.1 Å². The van der Waals surface area contributed by atoms with E-state index in [0.29, 0.717) is 10.9 Å². The number of aromatic nitrogens is 2. The summed E-state index contributed by atoms with van der Waals surface area (Å²) in [5.41, 5.74) is 1.50. The van der Waals surface area contributed by atoms with Gasteiger partial charge in [0.05, 0.1) is 0 Å². The average Bonchev–Trinajstić information content (AvgIpc) is 2.79. The zero-order valence-electron chi connectivity index (χ0n) is 8.59. The van der Waals surface area contributed by atoms with Crippen molar-refractivity contribution in [2.75, 3.05) is 11.9 Å². The lowest BCUT2D eigenvalue weighted by Crippen LogP contribution is -2.20. The number of amides is 1. The lowest BCUT2D eigenvalue weighted by Gasteiger charge is -2.05. The quantitative estimate of drug-likeness (QED) is 0.900. The number of anilines is 1. The molecule has 1 aromatic carbocycles. The van der Waals surface area contributed by atoms with Crippen LogP contribution in [-0.2, 0) is 4.79 Å². The molecule has 0 bridgehead atoms. The molecule has 1 aromatic heterocycles. The summed E-state index contributed by atoms with van der Waals surface area (Å²) in [5, 5.41) is 10.1. The highest BCUT2D eigenvalue weighted by atomic mass is 32.1. The normalized spacial score (nSPS) is 9.94. The van der Waals surface area contributed by atoms with E-state index < -0.39 is 5.82 Å². The Kier molecular flexibility index (Phi) is 3.61. The maximum atomic E-state index is 12.8. The minimum absolute atomic E-state index is 0.205. The highest BCUT2D eigenvalue weighted by Crippen LogP contribution is 2.12. The molecule has 2 aromatic rings. The van der Waals surface area contributed by atoms with Crippen molar-refractivity contribution in [3.63, 3.8) is 0 Å². The number of rotatable bonds is 4. The number of hydrogen-bond donors (Lipinski definition) is 1. The lowest BCUT2D eigenvalue weighted by molar-refractivity contribution is -0.118. The summed E-state index contributed by atoms with van der Waals surface area (Å²) in [4.78, 5) is 11.4. The van der Waals surface area contributed by atoms with Gasteiger partial charge in [-0.3, -0.25) is 10.1 Å². The molecule has 0 atom stereocenters. The Hall–Kier alpha value is -2.02. The predicted molar refractivity (Wildman–Crippen MR) is 60.4 cm³/mol. The maximum Gasteiger partial charge on any atom is 0.264 e. The van der Waals surface area contributed by atoms with E-state index in [-0.39, 0.29) is 12.5 Å². The summed E-state index contributed by atoms with van der Waals surface area (Å²) < 4.78 is 17.9. The first-order valence-corrected chi connectivity index (χ1v) is 5.56. The highest BCUT2D eigenvalue weighted by molar-refractivity contribution is 7.13. The van der Waals surface area contributed by atoms with E-state index in [9.17, 15) is 9.18 Å². The molecule has 5 nitrogen and oxygen atoms in total. The van der Waals surface area contributed by atoms with Crippen molar-refractivity contribution >= 4 is 22.4 Å². The zero-order chi connectivity index (χ0) is 12.1. The summed E-state index contributed by atoms with van der Waals surface area (Å²) in [6.07, 6.45) is 0. The predicted octanol–water partition coefficient (Wildman–Crippen LogP) is 1.69. The van der Waals surface area contributed by atoms with Crippen molar-refractivity contribution in [1.29, 1.82) is 0 Å². The largest absolute Gasteiger partial charge is 0.484 e. The number of carbonyl (C=O) groups is 1. The standard InChI is InChI=1S/C10H8FN3O2S/c11-7-2-1-3-8(4-7)16-5-9(15)13-10-14-12-6-17-10/h1-4,6H,5H2,(H,13,14,15). The van der Waals surface area contributed by atoms with Crippen molar-refractivity contribution < 1.29 is 13.9 Å². The topological polar surface area (TPSA) is 64.1 Å². The molecule has 0 spiro atoms. The van der Waals surface area contributed by atoms with Crippen LogP contribution in [0.2, 0.25) is 0 Å². The van der Waals surface area contributed by atoms with Crippen molar-refractivity contribution in [1.82, 2.24) is 10.2 Å². The number of ether oxygens (including phenoxy) is 1. The third-order valence-corrected chi connectivity index (χ3v) is 2.38. The van der Waals surface area contributed by atoms with E-state index in [0.717, 1.165) is 0 Å². The number of nitrogens with zero attached hydrogens (tertiary/aromatic N) is 2. The fourth-order valence-corrected chi connectivity index (χ4v) is 1.55. The van der Waals surface area contributed by atoms with Crippen LogP contribution in [0.1, 0.15) is 0 Å². The molecule has 17 heavy (non-hydrogen) atoms. The van der Waals surface area contributed by atoms with Gasteiger partial charge in [-0.1, -0.05) is 17.4 Å². The van der Waals surface area contributed by atoms with Gasteiger partial charge in [-0.15, -0.1) is 10.2 Å². The molecule has 88 valence electrons. The number of benzene rings is 1. The molecule has 2 rings (SSSR count). The van der Waals surface area contributed by atoms with Crippen LogP contribution >= 0.6 is 11.3 Å². The van der Waals surface area contributed by atoms with E-state index >= 15 is 0 Å². The van der Waals surface area contributed by atoms with Gasteiger partial charge in [0.15, 0.2) is 6.61 Å². The summed E-state index contributed by atoms with van der Waals surface area (Å²) in [6, 6.07) is 5.58. The van der Waals surface area contributed by atoms with E-state index in [2.05, 4.69) is 15.5 Å². The average molecular weight is 253 g/mol. The van der Waals surface area contributed by atoms with Gasteiger partial charge in [0.25, 0.3) is 5.91 Å². The molecule has 0 saturated carbocycles. The molecular formula is C10H8FN3O2S. The Morgan fingerprint density at radius 3 is 3.12 bits per heavy atom. The third kappa shape index (κ3) is 3.49. The maximum absolute atomic E-state index is 12.8. The van der Waals surface area contributed by atoms with Crippen LogP contribution in [0.5, 0.6) is 5.75 Å². The number of halogens is 1. The van der Waals surface area contributed by atoms with E-state index in [4.69, 9.17) is 4.74 Å². The van der Waals surface area contributed by atoms with E-state index in [1.807, 2.05) is 0 Å². The number of nitrogens with one attached hydrogen (secondary N) is 1. The lowest BCUT2D eigenvalue weighted by atomic mass is 10.3. The second kappa shape index (κ2) is 5.35. The SMILES string of the molecule is O=C(COc1cccc(F)c1)Nc1nncs1. The molecule has 1 amide bonds. The van der Waals surface area contributed by atoms with E-state index in [1.165, 1.54) is 35.0 Å². The Morgan fingerprint density at radius 2 is 2.41 bits per heavy atom. The van der Waals surface area contributed by atoms with Crippen molar-refractivity contribution in [2.24, 2.45) is 0 Å². The molecule has 0 aliphatic heterocycles. The van der Waals surface area contributed by atoms with Crippen molar-refractivity contribution in [3.05, 3.63) is 35.6 Å². The van der Waals surface area contributed by atoms with Crippen LogP contribution in [0, 0.1) is 5.82 Å². The minimum Gasteiger partial charge on any atom is -0.484 e. The van der Waals surface area contributed by atoms with Gasteiger partial charge in [0.1, 0.15) is 17.1 Å². The van der Waals surface area contributed by atoms with Gasteiger partial charge in [-0.25, -0.2) is 4.39 Å². The van der Waals surface area contributed by atoms with Gasteiger partial charge in [0, 0.05) is 6.07 Å². The minimum atomic E-state index is -0.410. The summed E-state index contributed by atoms with van der Waals surface area (Å²) in [5.74, 6) is -0.476. The zero-order valence-corrected chi connectivity index (χ0v) is 9.41. The third-order valence-electron chi connectivity index (χ3n) is 1.77. The molecule has 0 saturated heterocycles. The van der Waals surface area contributed by atoms with Crippen molar-refractivity contribution in [2.45, 2.75) is 0 Å². The smallest absolute Gasteiger partial charge is 0.264 e. The first-order chi connectivity index (χ1) is 8.24. The molecule has 7 heteroatoms. The molecule has 0 aliphatic rings. The molecule has 0 aliphatic carbocycles. The molecular weight excluding hydrogens is 245 g/mol. The number of hydrogen-bond acceptors (Lipinski definition) is 5. The van der Waals surface area contributed by atoms with Gasteiger partial charge in [0.2, 0.25) is 5.13 Å². The van der Waals surface area contributed by atoms with Gasteiger partial charge < -0.3 is 4.74 Å². The fraction of sp³-hybridized carbons (Fsp3) is 0.100. The second-order valence-corrected chi connectivity index (χ2v) is 3.87. The fourth-order valence-electron chi connectivity index (χ4n) is 1.09. The van der Waals surface area contributed by atoms with Crippen LogP contribution in [0.25, 0.3) is 0 Å². The second-order valence-electron chi connectivity index (χ2n) is 3.04. The van der Waals surface area contributed by atoms with Crippen LogP contribution in [0.15, 0.2) is 29.8 Å². The summed E-state index contributed by atoms with van der Waals surface area (Å²) in [7, 11) is 0. The first kappa shape index (κ1) is 11.5. The summed E-state index contributed by atoms with van der Waals surface area (Å²) in [6.45, 7) is -0.205. The molecule has 1 N–H and O–H groups in total.